The zero-order valence-electron chi connectivity index (χ0n) is 42.0. The Kier molecular flexibility index (Phi) is 20.3. The van der Waals surface area contributed by atoms with Crippen LogP contribution in [0.25, 0.3) is 11.4 Å². The first-order valence-corrected chi connectivity index (χ1v) is 29.6. The summed E-state index contributed by atoms with van der Waals surface area (Å²) >= 11 is 25.5. The van der Waals surface area contributed by atoms with Crippen molar-refractivity contribution in [1.29, 1.82) is 0 Å². The van der Waals surface area contributed by atoms with Crippen LogP contribution in [0, 0.1) is 0 Å². The van der Waals surface area contributed by atoms with Crippen LogP contribution in [0.5, 0.6) is 23.0 Å². The highest BCUT2D eigenvalue weighted by atomic mass is 79.9. The van der Waals surface area contributed by atoms with E-state index >= 15 is 0 Å². The third-order valence-corrected chi connectivity index (χ3v) is 15.6. The maximum absolute atomic E-state index is 13.8. The predicted octanol–water partition coefficient (Wildman–Crippen LogP) is 14.4. The van der Waals surface area contributed by atoms with Crippen molar-refractivity contribution < 1.29 is 87.3 Å². The lowest BCUT2D eigenvalue weighted by Crippen LogP contribution is -2.18. The second-order valence-electron chi connectivity index (χ2n) is 17.2. The fourth-order valence-corrected chi connectivity index (χ4v) is 12.8. The first-order chi connectivity index (χ1) is 40.6. The second-order valence-corrected chi connectivity index (χ2v) is 24.3. The number of carboxylic acids is 4. The standard InChI is InChI=1S/C56H26Br8N4O18/c57-27-11-33(49(71)72)43(37(61)15-27)83-53(79)23-5-24(54(80)84-44-34(50(73)74)12-28(58)16-38(44)62)8-31(7-23)67-47(69)21-1-3-41(65-19-21)42-4-2-22(20-66-42)48(70)68-32-9-25(55(81)85-45-35(51(75)76)13-29(59)17-39(45)63)6-26(10-32)56(82)86-46-36(52(77)78)14-30(60)18-40(46)64/h1-20H,(H,67,69)(H,68,70)(H,71,72)(H,73,74)(H,75,76)(H,77,78). The molecule has 22 nitrogen and oxygen atoms in total. The number of benzene rings is 6. The molecule has 2 amide bonds. The van der Waals surface area contributed by atoms with Crippen molar-refractivity contribution in [2.45, 2.75) is 0 Å². The third kappa shape index (κ3) is 15.2. The van der Waals surface area contributed by atoms with Crippen LogP contribution in [0.15, 0.2) is 157 Å². The third-order valence-electron chi connectivity index (χ3n) is 11.4. The number of aromatic nitrogens is 2. The number of nitrogens with zero attached hydrogens (tertiary/aromatic N) is 2. The Balaban J connectivity index is 1.03. The van der Waals surface area contributed by atoms with Crippen LogP contribution in [0.1, 0.15) is 104 Å². The number of aromatic carboxylic acids is 4. The SMILES string of the molecule is O=C(Nc1cc(C(=O)Oc2c(Br)cc(Br)cc2C(=O)O)cc(C(=O)Oc2c(Br)cc(Br)cc2C(=O)O)c1)c1ccc(-c2ccc(C(=O)Nc3cc(C(=O)Oc4c(Br)cc(Br)cc4C(=O)O)cc(C(=O)Oc4c(Br)cc(Br)cc4C(=O)O)c3)cn2)nc1. The molecule has 8 aromatic rings. The largest absolute Gasteiger partial charge is 0.478 e. The lowest BCUT2D eigenvalue weighted by atomic mass is 10.1. The summed E-state index contributed by atoms with van der Waals surface area (Å²) in [7, 11) is 0. The smallest absolute Gasteiger partial charge is 0.343 e. The van der Waals surface area contributed by atoms with E-state index in [2.05, 4.69) is 148 Å². The van der Waals surface area contributed by atoms with E-state index in [-0.39, 0.29) is 51.8 Å². The van der Waals surface area contributed by atoms with Gasteiger partial charge in [-0.2, -0.15) is 0 Å². The van der Waals surface area contributed by atoms with Gasteiger partial charge in [-0.05, 0) is 173 Å². The molecule has 0 unspecified atom stereocenters. The zero-order chi connectivity index (χ0) is 62.6. The Morgan fingerprint density at radius 2 is 0.570 bits per heavy atom. The number of nitrogens with one attached hydrogen (secondary N) is 2. The zero-order valence-corrected chi connectivity index (χ0v) is 54.7. The molecule has 0 aliphatic heterocycles. The highest BCUT2D eigenvalue weighted by molar-refractivity contribution is 9.12. The quantitative estimate of drug-likeness (QED) is 0.0364. The topological polar surface area (TPSA) is 338 Å². The van der Waals surface area contributed by atoms with Crippen LogP contribution >= 0.6 is 127 Å². The number of amides is 2. The normalized spacial score (nSPS) is 10.7. The molecule has 2 heterocycles. The Labute approximate surface area is 548 Å². The lowest BCUT2D eigenvalue weighted by molar-refractivity contribution is 0.0658. The summed E-state index contributed by atoms with van der Waals surface area (Å²) in [6, 6.07) is 22.4. The van der Waals surface area contributed by atoms with E-state index in [4.69, 9.17) is 18.9 Å². The van der Waals surface area contributed by atoms with Gasteiger partial charge in [0, 0.05) is 41.7 Å². The Morgan fingerprint density at radius 1 is 0.326 bits per heavy atom. The maximum atomic E-state index is 13.8. The molecule has 0 spiro atoms. The van der Waals surface area contributed by atoms with Crippen molar-refractivity contribution in [3.8, 4) is 34.4 Å². The van der Waals surface area contributed by atoms with Crippen LogP contribution in [0.2, 0.25) is 0 Å². The maximum Gasteiger partial charge on any atom is 0.343 e. The van der Waals surface area contributed by atoms with E-state index in [1.807, 2.05) is 0 Å². The number of halogens is 8. The van der Waals surface area contributed by atoms with Gasteiger partial charge in [0.2, 0.25) is 0 Å². The lowest BCUT2D eigenvalue weighted by Gasteiger charge is -2.14. The predicted molar refractivity (Wildman–Crippen MR) is 331 cm³/mol. The minimum atomic E-state index is -1.45. The fraction of sp³-hybridized carbons (Fsp3) is 0. The van der Waals surface area contributed by atoms with Gasteiger partial charge in [0.25, 0.3) is 11.8 Å². The molecule has 6 aromatic carbocycles. The number of carboxylic acid groups (broad SMARTS) is 4. The van der Waals surface area contributed by atoms with Gasteiger partial charge in [0.15, 0.2) is 23.0 Å². The molecule has 0 aliphatic carbocycles. The molecule has 2 aromatic heterocycles. The Morgan fingerprint density at radius 3 is 0.779 bits per heavy atom. The van der Waals surface area contributed by atoms with Gasteiger partial charge in [-0.25, -0.2) is 38.4 Å². The van der Waals surface area contributed by atoms with Gasteiger partial charge in [0.05, 0.1) is 62.7 Å². The summed E-state index contributed by atoms with van der Waals surface area (Å²) in [5, 5.41) is 44.5. The van der Waals surface area contributed by atoms with Gasteiger partial charge >= 0.3 is 47.8 Å². The number of ether oxygens (including phenoxy) is 4. The number of hydrogen-bond acceptors (Lipinski definition) is 16. The van der Waals surface area contributed by atoms with Crippen LogP contribution in [0.3, 0.4) is 0 Å². The number of anilines is 2. The van der Waals surface area contributed by atoms with Crippen molar-refractivity contribution >= 4 is 198 Å². The van der Waals surface area contributed by atoms with Gasteiger partial charge in [0.1, 0.15) is 22.3 Å². The van der Waals surface area contributed by atoms with Gasteiger partial charge in [-0.15, -0.1) is 0 Å². The molecule has 0 saturated carbocycles. The average Bonchev–Trinajstić information content (AvgIpc) is 2.79. The number of hydrogen-bond donors (Lipinski definition) is 6. The van der Waals surface area contributed by atoms with Crippen LogP contribution < -0.4 is 29.6 Å². The first-order valence-electron chi connectivity index (χ1n) is 23.3. The summed E-state index contributed by atoms with van der Waals surface area (Å²) in [6.45, 7) is 0. The molecule has 0 atom stereocenters. The molecule has 6 N–H and O–H groups in total. The van der Waals surface area contributed by atoms with Gasteiger partial charge in [-0.3, -0.25) is 19.6 Å². The highest BCUT2D eigenvalue weighted by Gasteiger charge is 2.28. The average molecular weight is 1680 g/mol. The Hall–Kier alpha value is -7.84. The highest BCUT2D eigenvalue weighted by Crippen LogP contribution is 2.38. The minimum absolute atomic E-state index is 0.0636. The van der Waals surface area contributed by atoms with Crippen molar-refractivity contribution in [2.75, 3.05) is 10.6 Å². The monoisotopic (exact) mass is 1670 g/mol. The molecule has 0 radical (unpaired) electrons. The summed E-state index contributed by atoms with van der Waals surface area (Å²) in [4.78, 5) is 140. The van der Waals surface area contributed by atoms with Crippen molar-refractivity contribution in [2.24, 2.45) is 0 Å². The first kappa shape index (κ1) is 64.2. The number of carbonyl (C=O) groups excluding carboxylic acids is 6. The van der Waals surface area contributed by atoms with E-state index in [9.17, 15) is 68.4 Å². The Bertz CT molecular complexity index is 3790. The van der Waals surface area contributed by atoms with Gasteiger partial charge < -0.3 is 50.0 Å². The second kappa shape index (κ2) is 27.2. The molecule has 30 heteroatoms. The van der Waals surface area contributed by atoms with E-state index < -0.39 is 127 Å². The van der Waals surface area contributed by atoms with Crippen molar-refractivity contribution in [3.05, 3.63) is 213 Å². The van der Waals surface area contributed by atoms with Crippen LogP contribution in [-0.4, -0.2) is 90.0 Å². The molecule has 86 heavy (non-hydrogen) atoms. The summed E-state index contributed by atoms with van der Waals surface area (Å²) in [5.41, 5.74) is -3.36. The fourth-order valence-electron chi connectivity index (χ4n) is 7.54. The van der Waals surface area contributed by atoms with Crippen molar-refractivity contribution in [1.82, 2.24) is 9.97 Å². The van der Waals surface area contributed by atoms with Crippen LogP contribution in [-0.2, 0) is 0 Å². The van der Waals surface area contributed by atoms with E-state index in [0.29, 0.717) is 17.9 Å². The molecule has 8 rings (SSSR count). The van der Waals surface area contributed by atoms with E-state index in [1.165, 1.54) is 72.8 Å². The summed E-state index contributed by atoms with van der Waals surface area (Å²) < 4.78 is 23.6. The van der Waals surface area contributed by atoms with Gasteiger partial charge in [-0.1, -0.05) is 63.7 Å². The number of rotatable bonds is 17. The minimum Gasteiger partial charge on any atom is -0.478 e. The number of carbonyl (C=O) groups is 10. The number of esters is 4. The molecule has 0 fully saturated rings. The van der Waals surface area contributed by atoms with E-state index in [1.54, 1.807) is 0 Å². The molecular formula is C56H26Br8N4O18. The molecule has 0 aliphatic rings. The van der Waals surface area contributed by atoms with E-state index in [0.717, 1.165) is 48.8 Å². The molecule has 0 bridgehead atoms. The van der Waals surface area contributed by atoms with Crippen molar-refractivity contribution in [3.63, 3.8) is 0 Å². The summed E-state index contributed by atoms with van der Waals surface area (Å²) in [5.74, 6) is -13.8. The molecular weight excluding hydrogens is 1660 g/mol. The molecule has 0 saturated heterocycles. The number of pyridine rings is 2. The van der Waals surface area contributed by atoms with Crippen LogP contribution in [0.4, 0.5) is 11.4 Å². The molecule has 434 valence electrons. The summed E-state index contributed by atoms with van der Waals surface area (Å²) in [6.07, 6.45) is 2.32.